The highest BCUT2D eigenvalue weighted by Crippen LogP contribution is 2.36. The van der Waals surface area contributed by atoms with Crippen LogP contribution in [0.4, 0.5) is 11.4 Å². The van der Waals surface area contributed by atoms with Crippen LogP contribution in [0, 0.1) is 0 Å². The number of nitrogens with one attached hydrogen (secondary N) is 1. The zero-order chi connectivity index (χ0) is 21.8. The Morgan fingerprint density at radius 2 is 1.82 bits per heavy atom. The van der Waals surface area contributed by atoms with Crippen molar-refractivity contribution in [3.05, 3.63) is 48.0 Å². The standard InChI is InChI=1S/C23H31N3O4S.2ClH/c1-29-23-17-19(7-8-21(23)24-31(2,27)28)26-14-12-25(13-15-26)11-9-18-10-16-30-22-6-4-3-5-20(18)22;;/h3-8,17-18,24H,9-16H2,1-2H3;2*1H. The van der Waals surface area contributed by atoms with Gasteiger partial charge in [0, 0.05) is 37.9 Å². The molecule has 2 heterocycles. The van der Waals surface area contributed by atoms with Crippen LogP contribution in [0.2, 0.25) is 0 Å². The smallest absolute Gasteiger partial charge is 0.229 e. The molecule has 1 atom stereocenters. The van der Waals surface area contributed by atoms with E-state index in [-0.39, 0.29) is 24.8 Å². The Kier molecular flexibility index (Phi) is 9.97. The molecule has 7 nitrogen and oxygen atoms in total. The fraction of sp³-hybridized carbons (Fsp3) is 0.478. The highest BCUT2D eigenvalue weighted by molar-refractivity contribution is 7.92. The van der Waals surface area contributed by atoms with Gasteiger partial charge in [0.15, 0.2) is 0 Å². The predicted octanol–water partition coefficient (Wildman–Crippen LogP) is 3.99. The molecule has 1 N–H and O–H groups in total. The molecule has 0 saturated carbocycles. The Morgan fingerprint density at radius 1 is 1.09 bits per heavy atom. The monoisotopic (exact) mass is 517 g/mol. The van der Waals surface area contributed by atoms with Gasteiger partial charge in [0.05, 0.1) is 25.7 Å². The van der Waals surface area contributed by atoms with Gasteiger partial charge in [-0.3, -0.25) is 9.62 Å². The van der Waals surface area contributed by atoms with E-state index in [1.165, 1.54) is 5.56 Å². The van der Waals surface area contributed by atoms with Crippen LogP contribution in [0.25, 0.3) is 0 Å². The molecule has 2 aliphatic rings. The van der Waals surface area contributed by atoms with Gasteiger partial charge in [0.2, 0.25) is 10.0 Å². The molecule has 2 aromatic carbocycles. The third kappa shape index (κ3) is 7.06. The first-order chi connectivity index (χ1) is 14.9. The number of benzene rings is 2. The van der Waals surface area contributed by atoms with Crippen LogP contribution in [0.5, 0.6) is 11.5 Å². The first-order valence-electron chi connectivity index (χ1n) is 10.8. The zero-order valence-electron chi connectivity index (χ0n) is 19.0. The number of sulfonamides is 1. The van der Waals surface area contributed by atoms with Crippen LogP contribution in [0.1, 0.15) is 24.3 Å². The van der Waals surface area contributed by atoms with Crippen molar-refractivity contribution >= 4 is 46.2 Å². The molecule has 1 fully saturated rings. The third-order valence-electron chi connectivity index (χ3n) is 6.09. The molecular weight excluding hydrogens is 485 g/mol. The minimum atomic E-state index is -3.35. The summed E-state index contributed by atoms with van der Waals surface area (Å²) in [5, 5.41) is 0. The molecule has 0 aromatic heterocycles. The Balaban J connectivity index is 0.00000193. The second kappa shape index (κ2) is 12.0. The lowest BCUT2D eigenvalue weighted by Gasteiger charge is -2.37. The molecule has 0 spiro atoms. The maximum absolute atomic E-state index is 11.5. The molecular formula is C23H33Cl2N3O4S. The summed E-state index contributed by atoms with van der Waals surface area (Å²) in [6.07, 6.45) is 3.38. The lowest BCUT2D eigenvalue weighted by molar-refractivity contribution is 0.223. The fourth-order valence-corrected chi connectivity index (χ4v) is 5.01. The molecule has 0 radical (unpaired) electrons. The summed E-state index contributed by atoms with van der Waals surface area (Å²) < 4.78 is 36.8. The lowest BCUT2D eigenvalue weighted by Crippen LogP contribution is -2.46. The molecule has 0 bridgehead atoms. The van der Waals surface area contributed by atoms with Gasteiger partial charge >= 0.3 is 0 Å². The van der Waals surface area contributed by atoms with Gasteiger partial charge in [-0.25, -0.2) is 8.42 Å². The van der Waals surface area contributed by atoms with E-state index in [0.717, 1.165) is 69.9 Å². The highest BCUT2D eigenvalue weighted by Gasteiger charge is 2.23. The summed E-state index contributed by atoms with van der Waals surface area (Å²) >= 11 is 0. The third-order valence-corrected chi connectivity index (χ3v) is 6.69. The number of anilines is 2. The second-order valence-corrected chi connectivity index (χ2v) is 10.00. The number of halogens is 2. The van der Waals surface area contributed by atoms with E-state index < -0.39 is 10.0 Å². The summed E-state index contributed by atoms with van der Waals surface area (Å²) in [6.45, 7) is 5.79. The zero-order valence-corrected chi connectivity index (χ0v) is 21.5. The number of ether oxygens (including phenoxy) is 2. The molecule has 184 valence electrons. The van der Waals surface area contributed by atoms with E-state index in [1.54, 1.807) is 13.2 Å². The second-order valence-electron chi connectivity index (χ2n) is 8.25. The van der Waals surface area contributed by atoms with Crippen LogP contribution in [0.3, 0.4) is 0 Å². The van der Waals surface area contributed by atoms with E-state index in [0.29, 0.717) is 17.4 Å². The molecule has 33 heavy (non-hydrogen) atoms. The number of fused-ring (bicyclic) bond motifs is 1. The van der Waals surface area contributed by atoms with Crippen molar-refractivity contribution in [1.29, 1.82) is 0 Å². The van der Waals surface area contributed by atoms with Crippen LogP contribution in [-0.2, 0) is 10.0 Å². The highest BCUT2D eigenvalue weighted by atomic mass is 35.5. The van der Waals surface area contributed by atoms with Crippen molar-refractivity contribution < 1.29 is 17.9 Å². The number of rotatable bonds is 7. The Hall–Kier alpha value is -1.87. The van der Waals surface area contributed by atoms with Crippen molar-refractivity contribution in [2.45, 2.75) is 18.8 Å². The maximum atomic E-state index is 11.5. The summed E-state index contributed by atoms with van der Waals surface area (Å²) in [7, 11) is -1.79. The number of hydrogen-bond acceptors (Lipinski definition) is 6. The van der Waals surface area contributed by atoms with E-state index >= 15 is 0 Å². The number of methoxy groups -OCH3 is 1. The van der Waals surface area contributed by atoms with Crippen molar-refractivity contribution in [3.63, 3.8) is 0 Å². The molecule has 10 heteroatoms. The summed E-state index contributed by atoms with van der Waals surface area (Å²) in [5.41, 5.74) is 2.86. The van der Waals surface area contributed by atoms with Gasteiger partial charge in [0.25, 0.3) is 0 Å². The Morgan fingerprint density at radius 3 is 2.52 bits per heavy atom. The average Bonchev–Trinajstić information content (AvgIpc) is 2.77. The molecule has 0 amide bonds. The molecule has 2 aliphatic heterocycles. The van der Waals surface area contributed by atoms with Crippen LogP contribution in [0.15, 0.2) is 42.5 Å². The van der Waals surface area contributed by atoms with Gasteiger partial charge in [-0.2, -0.15) is 0 Å². The minimum Gasteiger partial charge on any atom is -0.494 e. The normalized spacial score (nSPS) is 18.2. The van der Waals surface area contributed by atoms with Crippen molar-refractivity contribution in [2.75, 3.05) is 62.3 Å². The van der Waals surface area contributed by atoms with Crippen LogP contribution >= 0.6 is 24.8 Å². The van der Waals surface area contributed by atoms with E-state index in [4.69, 9.17) is 9.47 Å². The van der Waals surface area contributed by atoms with E-state index in [9.17, 15) is 8.42 Å². The molecule has 4 rings (SSSR count). The van der Waals surface area contributed by atoms with Gasteiger partial charge in [-0.1, -0.05) is 18.2 Å². The topological polar surface area (TPSA) is 71.1 Å². The lowest BCUT2D eigenvalue weighted by atomic mass is 9.90. The Bertz CT molecular complexity index is 1010. The number of piperazine rings is 1. The molecule has 1 saturated heterocycles. The minimum absolute atomic E-state index is 0. The summed E-state index contributed by atoms with van der Waals surface area (Å²) in [6, 6.07) is 14.0. The largest absolute Gasteiger partial charge is 0.494 e. The van der Waals surface area contributed by atoms with Crippen LogP contribution < -0.4 is 19.1 Å². The van der Waals surface area contributed by atoms with E-state index in [1.807, 2.05) is 18.2 Å². The van der Waals surface area contributed by atoms with Gasteiger partial charge in [-0.15, -0.1) is 24.8 Å². The predicted molar refractivity (Wildman–Crippen MR) is 139 cm³/mol. The van der Waals surface area contributed by atoms with E-state index in [2.05, 4.69) is 32.7 Å². The van der Waals surface area contributed by atoms with Gasteiger partial charge in [-0.05, 0) is 49.1 Å². The first kappa shape index (κ1) is 27.4. The number of nitrogens with zero attached hydrogens (tertiary/aromatic N) is 2. The van der Waals surface area contributed by atoms with Crippen molar-refractivity contribution in [1.82, 2.24) is 4.90 Å². The fourth-order valence-electron chi connectivity index (χ4n) is 4.44. The Labute approximate surface area is 209 Å². The van der Waals surface area contributed by atoms with Crippen molar-refractivity contribution in [2.24, 2.45) is 0 Å². The number of para-hydroxylation sites is 1. The summed E-state index contributed by atoms with van der Waals surface area (Å²) in [4.78, 5) is 4.86. The number of hydrogen-bond donors (Lipinski definition) is 1. The quantitative estimate of drug-likeness (QED) is 0.598. The molecule has 0 aliphatic carbocycles. The SMILES string of the molecule is COc1cc(N2CCN(CCC3CCOc4ccccc43)CC2)ccc1NS(C)(=O)=O.Cl.Cl. The van der Waals surface area contributed by atoms with Gasteiger partial charge in [0.1, 0.15) is 11.5 Å². The maximum Gasteiger partial charge on any atom is 0.229 e. The summed E-state index contributed by atoms with van der Waals surface area (Å²) in [5.74, 6) is 2.15. The first-order valence-corrected chi connectivity index (χ1v) is 12.7. The van der Waals surface area contributed by atoms with Crippen molar-refractivity contribution in [3.8, 4) is 11.5 Å². The van der Waals surface area contributed by atoms with Gasteiger partial charge < -0.3 is 14.4 Å². The molecule has 2 aromatic rings. The van der Waals surface area contributed by atoms with Crippen LogP contribution in [-0.4, -0.2) is 66.0 Å². The molecule has 1 unspecified atom stereocenters. The average molecular weight is 519 g/mol.